The summed E-state index contributed by atoms with van der Waals surface area (Å²) in [6.07, 6.45) is 0. The van der Waals surface area contributed by atoms with Gasteiger partial charge in [0.15, 0.2) is 11.5 Å². The van der Waals surface area contributed by atoms with Crippen molar-refractivity contribution in [2.75, 3.05) is 47.5 Å². The average molecular weight is 428 g/mol. The highest BCUT2D eigenvalue weighted by atomic mass is 16.5. The van der Waals surface area contributed by atoms with Crippen LogP contribution in [0.15, 0.2) is 36.4 Å². The van der Waals surface area contributed by atoms with E-state index < -0.39 is 0 Å². The van der Waals surface area contributed by atoms with Crippen molar-refractivity contribution in [3.63, 3.8) is 0 Å². The first-order valence-corrected chi connectivity index (χ1v) is 10.0. The van der Waals surface area contributed by atoms with Crippen LogP contribution in [0.4, 0.5) is 0 Å². The highest BCUT2D eigenvalue weighted by Crippen LogP contribution is 2.38. The second kappa shape index (κ2) is 10.2. The van der Waals surface area contributed by atoms with Gasteiger partial charge in [-0.1, -0.05) is 0 Å². The van der Waals surface area contributed by atoms with E-state index in [4.69, 9.17) is 18.9 Å². The van der Waals surface area contributed by atoms with Gasteiger partial charge in [-0.25, -0.2) is 0 Å². The summed E-state index contributed by atoms with van der Waals surface area (Å²) in [5, 5.41) is 0. The standard InChI is InChI=1S/C23H28N2O6/c1-16(26)31-19-7-5-18(6-8-19)23(27)25-11-9-24(10-12-25)15-17-13-20(28-2)22(30-4)21(14-17)29-3/h5-8,13-14H,9-12,15H2,1-4H3. The van der Waals surface area contributed by atoms with Gasteiger partial charge < -0.3 is 23.8 Å². The van der Waals surface area contributed by atoms with Crippen LogP contribution >= 0.6 is 0 Å². The van der Waals surface area contributed by atoms with Crippen LogP contribution in [-0.4, -0.2) is 69.2 Å². The molecule has 3 rings (SSSR count). The van der Waals surface area contributed by atoms with E-state index in [1.807, 2.05) is 17.0 Å². The minimum Gasteiger partial charge on any atom is -0.493 e. The summed E-state index contributed by atoms with van der Waals surface area (Å²) in [6.45, 7) is 4.85. The monoisotopic (exact) mass is 428 g/mol. The van der Waals surface area contributed by atoms with Gasteiger partial charge in [-0.05, 0) is 42.0 Å². The third-order valence-corrected chi connectivity index (χ3v) is 5.15. The minimum atomic E-state index is -0.387. The predicted molar refractivity (Wildman–Crippen MR) is 115 cm³/mol. The molecule has 1 fully saturated rings. The Labute approximate surface area is 182 Å². The molecular weight excluding hydrogens is 400 g/mol. The van der Waals surface area contributed by atoms with Crippen molar-refractivity contribution >= 4 is 11.9 Å². The Kier molecular flexibility index (Phi) is 7.36. The van der Waals surface area contributed by atoms with E-state index in [2.05, 4.69) is 4.90 Å². The number of ether oxygens (including phenoxy) is 4. The molecule has 1 heterocycles. The Morgan fingerprint density at radius 3 is 1.94 bits per heavy atom. The zero-order chi connectivity index (χ0) is 22.4. The molecule has 2 aromatic rings. The largest absolute Gasteiger partial charge is 0.493 e. The number of amides is 1. The summed E-state index contributed by atoms with van der Waals surface area (Å²) >= 11 is 0. The number of esters is 1. The lowest BCUT2D eigenvalue weighted by atomic mass is 10.1. The molecule has 0 spiro atoms. The van der Waals surface area contributed by atoms with Gasteiger partial charge in [0.1, 0.15) is 5.75 Å². The smallest absolute Gasteiger partial charge is 0.308 e. The van der Waals surface area contributed by atoms with E-state index in [-0.39, 0.29) is 11.9 Å². The summed E-state index contributed by atoms with van der Waals surface area (Å²) in [5.41, 5.74) is 1.63. The molecule has 0 bridgehead atoms. The molecule has 1 saturated heterocycles. The molecule has 0 aromatic heterocycles. The first kappa shape index (κ1) is 22.4. The first-order valence-electron chi connectivity index (χ1n) is 10.0. The molecule has 0 unspecified atom stereocenters. The van der Waals surface area contributed by atoms with Crippen LogP contribution < -0.4 is 18.9 Å². The van der Waals surface area contributed by atoms with Crippen molar-refractivity contribution in [1.82, 2.24) is 9.80 Å². The number of carbonyl (C=O) groups excluding carboxylic acids is 2. The summed E-state index contributed by atoms with van der Waals surface area (Å²) in [7, 11) is 4.79. The maximum Gasteiger partial charge on any atom is 0.308 e. The second-order valence-electron chi connectivity index (χ2n) is 7.22. The number of rotatable bonds is 7. The lowest BCUT2D eigenvalue weighted by molar-refractivity contribution is -0.131. The molecule has 0 aliphatic carbocycles. The van der Waals surface area contributed by atoms with Gasteiger partial charge in [0.05, 0.1) is 21.3 Å². The Hall–Kier alpha value is -3.26. The molecular formula is C23H28N2O6. The fraction of sp³-hybridized carbons (Fsp3) is 0.391. The molecule has 2 aromatic carbocycles. The van der Waals surface area contributed by atoms with Gasteiger partial charge in [-0.3, -0.25) is 14.5 Å². The Balaban J connectivity index is 1.59. The summed E-state index contributed by atoms with van der Waals surface area (Å²) < 4.78 is 21.3. The molecule has 0 atom stereocenters. The van der Waals surface area contributed by atoms with Crippen LogP contribution in [0.25, 0.3) is 0 Å². The van der Waals surface area contributed by atoms with E-state index in [1.54, 1.807) is 45.6 Å². The topological polar surface area (TPSA) is 77.5 Å². The van der Waals surface area contributed by atoms with Gasteiger partial charge in [-0.2, -0.15) is 0 Å². The fourth-order valence-corrected chi connectivity index (χ4v) is 3.61. The molecule has 0 N–H and O–H groups in total. The number of benzene rings is 2. The van der Waals surface area contributed by atoms with Crippen LogP contribution in [0.1, 0.15) is 22.8 Å². The normalized spacial score (nSPS) is 14.1. The van der Waals surface area contributed by atoms with Gasteiger partial charge in [0.2, 0.25) is 5.75 Å². The van der Waals surface area contributed by atoms with Crippen molar-refractivity contribution in [2.24, 2.45) is 0 Å². The molecule has 0 saturated carbocycles. The Morgan fingerprint density at radius 1 is 0.871 bits per heavy atom. The predicted octanol–water partition coefficient (Wildman–Crippen LogP) is 2.60. The Bertz CT molecular complexity index is 895. The number of piperazine rings is 1. The van der Waals surface area contributed by atoms with Crippen LogP contribution in [0, 0.1) is 0 Å². The number of carbonyl (C=O) groups is 2. The summed E-state index contributed by atoms with van der Waals surface area (Å²) in [4.78, 5) is 27.9. The molecule has 0 radical (unpaired) electrons. The maximum atomic E-state index is 12.8. The molecule has 166 valence electrons. The third-order valence-electron chi connectivity index (χ3n) is 5.15. The Morgan fingerprint density at radius 2 is 1.45 bits per heavy atom. The average Bonchev–Trinajstić information content (AvgIpc) is 2.78. The van der Waals surface area contributed by atoms with Crippen LogP contribution in [-0.2, 0) is 11.3 Å². The SMILES string of the molecule is COc1cc(CN2CCN(C(=O)c3ccc(OC(C)=O)cc3)CC2)cc(OC)c1OC. The first-order chi connectivity index (χ1) is 14.9. The quantitative estimate of drug-likeness (QED) is 0.496. The third kappa shape index (κ3) is 5.46. The lowest BCUT2D eigenvalue weighted by Crippen LogP contribution is -2.48. The van der Waals surface area contributed by atoms with Gasteiger partial charge in [-0.15, -0.1) is 0 Å². The number of hydrogen-bond donors (Lipinski definition) is 0. The molecule has 1 aliphatic rings. The fourth-order valence-electron chi connectivity index (χ4n) is 3.61. The molecule has 31 heavy (non-hydrogen) atoms. The van der Waals surface area contributed by atoms with Gasteiger partial charge in [0.25, 0.3) is 5.91 Å². The van der Waals surface area contributed by atoms with Crippen molar-refractivity contribution in [3.8, 4) is 23.0 Å². The maximum absolute atomic E-state index is 12.8. The number of hydrogen-bond acceptors (Lipinski definition) is 7. The van der Waals surface area contributed by atoms with E-state index in [9.17, 15) is 9.59 Å². The molecule has 8 heteroatoms. The van der Waals surface area contributed by atoms with Crippen molar-refractivity contribution in [3.05, 3.63) is 47.5 Å². The summed E-state index contributed by atoms with van der Waals surface area (Å²) in [5.74, 6) is 1.85. The van der Waals surface area contributed by atoms with Gasteiger partial charge >= 0.3 is 5.97 Å². The number of nitrogens with zero attached hydrogens (tertiary/aromatic N) is 2. The second-order valence-corrected chi connectivity index (χ2v) is 7.22. The van der Waals surface area contributed by atoms with Crippen LogP contribution in [0.2, 0.25) is 0 Å². The van der Waals surface area contributed by atoms with Crippen molar-refractivity contribution < 1.29 is 28.5 Å². The highest BCUT2D eigenvalue weighted by molar-refractivity contribution is 5.94. The van der Waals surface area contributed by atoms with E-state index in [0.717, 1.165) is 25.2 Å². The van der Waals surface area contributed by atoms with Crippen molar-refractivity contribution in [2.45, 2.75) is 13.5 Å². The molecule has 1 amide bonds. The minimum absolute atomic E-state index is 0.0261. The zero-order valence-corrected chi connectivity index (χ0v) is 18.3. The van der Waals surface area contributed by atoms with E-state index in [0.29, 0.717) is 41.7 Å². The van der Waals surface area contributed by atoms with E-state index in [1.165, 1.54) is 6.92 Å². The van der Waals surface area contributed by atoms with Gasteiger partial charge in [0, 0.05) is 45.2 Å². The molecule has 1 aliphatic heterocycles. The lowest BCUT2D eigenvalue weighted by Gasteiger charge is -2.35. The highest BCUT2D eigenvalue weighted by Gasteiger charge is 2.23. The van der Waals surface area contributed by atoms with E-state index >= 15 is 0 Å². The van der Waals surface area contributed by atoms with Crippen LogP contribution in [0.5, 0.6) is 23.0 Å². The number of methoxy groups -OCH3 is 3. The summed E-state index contributed by atoms with van der Waals surface area (Å²) in [6, 6.07) is 10.5. The van der Waals surface area contributed by atoms with Crippen LogP contribution in [0.3, 0.4) is 0 Å². The van der Waals surface area contributed by atoms with Crippen molar-refractivity contribution in [1.29, 1.82) is 0 Å². The molecule has 8 nitrogen and oxygen atoms in total. The zero-order valence-electron chi connectivity index (χ0n) is 18.3.